The Bertz CT molecular complexity index is 169. The normalized spacial score (nSPS) is 24.4. The van der Waals surface area contributed by atoms with Crippen molar-refractivity contribution in [1.29, 1.82) is 0 Å². The third-order valence-corrected chi connectivity index (χ3v) is 4.02. The van der Waals surface area contributed by atoms with Crippen LogP contribution < -0.4 is 5.73 Å². The summed E-state index contributed by atoms with van der Waals surface area (Å²) in [5, 5.41) is 0. The van der Waals surface area contributed by atoms with Gasteiger partial charge in [-0.05, 0) is 50.6 Å². The highest BCUT2D eigenvalue weighted by atomic mass is 15.1. The van der Waals surface area contributed by atoms with Gasteiger partial charge in [0.15, 0.2) is 0 Å². The fraction of sp³-hybridized carbons (Fsp3) is 1.00. The van der Waals surface area contributed by atoms with Gasteiger partial charge in [0.25, 0.3) is 0 Å². The Morgan fingerprint density at radius 2 is 1.67 bits per heavy atom. The summed E-state index contributed by atoms with van der Waals surface area (Å²) in [4.78, 5) is 2.59. The summed E-state index contributed by atoms with van der Waals surface area (Å²) >= 11 is 0. The van der Waals surface area contributed by atoms with Crippen LogP contribution in [0.5, 0.6) is 0 Å². The summed E-state index contributed by atoms with van der Waals surface area (Å²) in [6, 6.07) is 0.327. The van der Waals surface area contributed by atoms with Crippen molar-refractivity contribution in [2.75, 3.05) is 19.6 Å². The minimum atomic E-state index is 0.327. The number of hydrogen-bond acceptors (Lipinski definition) is 2. The molecule has 0 aliphatic carbocycles. The van der Waals surface area contributed by atoms with Gasteiger partial charge in [-0.2, -0.15) is 0 Å². The molecule has 2 nitrogen and oxygen atoms in total. The molecule has 2 atom stereocenters. The van der Waals surface area contributed by atoms with Gasteiger partial charge in [-0.1, -0.05) is 20.8 Å². The van der Waals surface area contributed by atoms with E-state index in [1.807, 2.05) is 0 Å². The van der Waals surface area contributed by atoms with Gasteiger partial charge in [0.2, 0.25) is 0 Å². The van der Waals surface area contributed by atoms with E-state index < -0.39 is 0 Å². The van der Waals surface area contributed by atoms with Gasteiger partial charge in [-0.25, -0.2) is 0 Å². The van der Waals surface area contributed by atoms with Crippen molar-refractivity contribution < 1.29 is 0 Å². The molecule has 0 radical (unpaired) electrons. The Balaban J connectivity index is 2.25. The van der Waals surface area contributed by atoms with Crippen LogP contribution in [0.4, 0.5) is 0 Å². The molecule has 0 spiro atoms. The predicted octanol–water partition coefficient (Wildman–Crippen LogP) is 2.34. The van der Waals surface area contributed by atoms with E-state index in [0.29, 0.717) is 12.0 Å². The minimum Gasteiger partial charge on any atom is -0.328 e. The number of rotatable bonds is 4. The molecule has 0 aromatic rings. The van der Waals surface area contributed by atoms with Crippen LogP contribution in [0.15, 0.2) is 0 Å². The summed E-state index contributed by atoms with van der Waals surface area (Å²) in [6.07, 6.45) is 2.76. The molecule has 15 heavy (non-hydrogen) atoms. The summed E-state index contributed by atoms with van der Waals surface area (Å²) in [5.41, 5.74) is 5.90. The second kappa shape index (κ2) is 5.86. The van der Waals surface area contributed by atoms with Crippen LogP contribution in [0.25, 0.3) is 0 Å². The third kappa shape index (κ3) is 4.12. The number of nitrogens with zero attached hydrogens (tertiary/aromatic N) is 1. The summed E-state index contributed by atoms with van der Waals surface area (Å²) in [7, 11) is 0. The largest absolute Gasteiger partial charge is 0.328 e. The van der Waals surface area contributed by atoms with Crippen LogP contribution in [-0.2, 0) is 0 Å². The van der Waals surface area contributed by atoms with E-state index in [9.17, 15) is 0 Å². The average Bonchev–Trinajstić information content (AvgIpc) is 2.18. The lowest BCUT2D eigenvalue weighted by molar-refractivity contribution is 0.138. The van der Waals surface area contributed by atoms with Gasteiger partial charge in [-0.15, -0.1) is 0 Å². The smallest absolute Gasteiger partial charge is 0.00483 e. The van der Waals surface area contributed by atoms with Crippen molar-refractivity contribution >= 4 is 0 Å². The Hall–Kier alpha value is -0.0800. The molecule has 1 heterocycles. The first-order valence-electron chi connectivity index (χ1n) is 6.48. The molecule has 1 aliphatic rings. The van der Waals surface area contributed by atoms with Crippen LogP contribution >= 0.6 is 0 Å². The van der Waals surface area contributed by atoms with Crippen molar-refractivity contribution in [3.05, 3.63) is 0 Å². The zero-order valence-electron chi connectivity index (χ0n) is 10.9. The lowest BCUT2D eigenvalue weighted by Crippen LogP contribution is -2.41. The maximum Gasteiger partial charge on any atom is 0.00483 e. The molecule has 1 aliphatic heterocycles. The Kier molecular flexibility index (Phi) is 5.07. The third-order valence-electron chi connectivity index (χ3n) is 4.02. The van der Waals surface area contributed by atoms with E-state index in [1.54, 1.807) is 0 Å². The van der Waals surface area contributed by atoms with Gasteiger partial charge < -0.3 is 10.6 Å². The van der Waals surface area contributed by atoms with Crippen molar-refractivity contribution in [1.82, 2.24) is 4.90 Å². The van der Waals surface area contributed by atoms with Gasteiger partial charge in [0.05, 0.1) is 0 Å². The van der Waals surface area contributed by atoms with E-state index in [2.05, 4.69) is 32.6 Å². The van der Waals surface area contributed by atoms with E-state index in [0.717, 1.165) is 11.8 Å². The highest BCUT2D eigenvalue weighted by Gasteiger charge is 2.22. The molecule has 2 N–H and O–H groups in total. The highest BCUT2D eigenvalue weighted by Crippen LogP contribution is 2.24. The second-order valence-corrected chi connectivity index (χ2v) is 5.72. The van der Waals surface area contributed by atoms with Crippen LogP contribution in [0, 0.1) is 17.8 Å². The van der Waals surface area contributed by atoms with Crippen molar-refractivity contribution in [2.24, 2.45) is 23.5 Å². The molecule has 0 saturated carbocycles. The zero-order chi connectivity index (χ0) is 11.4. The number of hydrogen-bond donors (Lipinski definition) is 1. The molecule has 1 rings (SSSR count). The monoisotopic (exact) mass is 212 g/mol. The first kappa shape index (κ1) is 13.0. The van der Waals surface area contributed by atoms with Crippen LogP contribution in [0.2, 0.25) is 0 Å². The van der Waals surface area contributed by atoms with Crippen molar-refractivity contribution in [3.8, 4) is 0 Å². The molecule has 90 valence electrons. The van der Waals surface area contributed by atoms with Crippen LogP contribution in [0.1, 0.15) is 40.5 Å². The van der Waals surface area contributed by atoms with E-state index in [-0.39, 0.29) is 0 Å². The quantitative estimate of drug-likeness (QED) is 0.775. The van der Waals surface area contributed by atoms with Gasteiger partial charge in [0.1, 0.15) is 0 Å². The minimum absolute atomic E-state index is 0.327. The molecule has 0 aromatic heterocycles. The maximum absolute atomic E-state index is 5.90. The van der Waals surface area contributed by atoms with E-state index >= 15 is 0 Å². The average molecular weight is 212 g/mol. The Morgan fingerprint density at radius 1 is 1.13 bits per heavy atom. The lowest BCUT2D eigenvalue weighted by atomic mass is 9.86. The van der Waals surface area contributed by atoms with Crippen LogP contribution in [-0.4, -0.2) is 30.6 Å². The molecule has 1 fully saturated rings. The Morgan fingerprint density at radius 3 is 2.07 bits per heavy atom. The van der Waals surface area contributed by atoms with Crippen molar-refractivity contribution in [2.45, 2.75) is 46.6 Å². The lowest BCUT2D eigenvalue weighted by Gasteiger charge is -2.35. The summed E-state index contributed by atoms with van der Waals surface area (Å²) in [5.74, 6) is 2.44. The summed E-state index contributed by atoms with van der Waals surface area (Å²) < 4.78 is 0. The molecule has 0 amide bonds. The topological polar surface area (TPSA) is 29.3 Å². The molecule has 2 heteroatoms. The van der Waals surface area contributed by atoms with Gasteiger partial charge in [-0.3, -0.25) is 0 Å². The molecular weight excluding hydrogens is 184 g/mol. The fourth-order valence-electron chi connectivity index (χ4n) is 2.38. The van der Waals surface area contributed by atoms with E-state index in [4.69, 9.17) is 5.73 Å². The first-order chi connectivity index (χ1) is 7.00. The predicted molar refractivity (Wildman–Crippen MR) is 66.8 cm³/mol. The van der Waals surface area contributed by atoms with Gasteiger partial charge >= 0.3 is 0 Å². The summed E-state index contributed by atoms with van der Waals surface area (Å²) in [6.45, 7) is 12.8. The van der Waals surface area contributed by atoms with Crippen LogP contribution in [0.3, 0.4) is 0 Å². The SMILES string of the molecule is CC(C)C1CCN(CC(C)C(C)N)CC1. The molecule has 0 aromatic carbocycles. The standard InChI is InChI=1S/C13H28N2/c1-10(2)13-5-7-15(8-6-13)9-11(3)12(4)14/h10-13H,5-9,14H2,1-4H3. The van der Waals surface area contributed by atoms with Gasteiger partial charge in [0, 0.05) is 12.6 Å². The number of likely N-dealkylation sites (tertiary alicyclic amines) is 1. The number of piperidine rings is 1. The molecular formula is C13H28N2. The Labute approximate surface area is 95.2 Å². The fourth-order valence-corrected chi connectivity index (χ4v) is 2.38. The first-order valence-corrected chi connectivity index (χ1v) is 6.48. The number of nitrogens with two attached hydrogens (primary N) is 1. The molecule has 2 unspecified atom stereocenters. The molecule has 0 bridgehead atoms. The highest BCUT2D eigenvalue weighted by molar-refractivity contribution is 4.77. The molecule has 1 saturated heterocycles. The maximum atomic E-state index is 5.90. The second-order valence-electron chi connectivity index (χ2n) is 5.72. The van der Waals surface area contributed by atoms with Crippen molar-refractivity contribution in [3.63, 3.8) is 0 Å². The zero-order valence-corrected chi connectivity index (χ0v) is 10.9. The van der Waals surface area contributed by atoms with E-state index in [1.165, 1.54) is 32.5 Å².